The molecule has 0 radical (unpaired) electrons. The summed E-state index contributed by atoms with van der Waals surface area (Å²) in [5.41, 5.74) is 1.30. The normalized spacial score (nSPS) is 25.3. The molecule has 2 aromatic carbocycles. The molecule has 3 fully saturated rings. The zero-order valence-corrected chi connectivity index (χ0v) is 19.5. The second-order valence-corrected chi connectivity index (χ2v) is 9.52. The van der Waals surface area contributed by atoms with E-state index in [9.17, 15) is 19.2 Å². The zero-order valence-electron chi connectivity index (χ0n) is 19.5. The van der Waals surface area contributed by atoms with Gasteiger partial charge in [0.05, 0.1) is 18.9 Å². The highest BCUT2D eigenvalue weighted by atomic mass is 16.5. The Bertz CT molecular complexity index is 1120. The van der Waals surface area contributed by atoms with Crippen LogP contribution in [0.1, 0.15) is 24.8 Å². The Hall–Kier alpha value is -3.68. The number of ether oxygens (including phenoxy) is 2. The minimum atomic E-state index is -1.10. The van der Waals surface area contributed by atoms with Crippen LogP contribution in [-0.4, -0.2) is 48.3 Å². The number of nitrogens with one attached hydrogen (secondary N) is 1. The third-order valence-electron chi connectivity index (χ3n) is 7.52. The highest BCUT2D eigenvalue weighted by Gasteiger charge is 2.62. The topological polar surface area (TPSA) is 102 Å². The van der Waals surface area contributed by atoms with Crippen molar-refractivity contribution in [1.82, 2.24) is 4.90 Å². The number of hydrogen-bond donors (Lipinski definition) is 1. The van der Waals surface area contributed by atoms with Crippen LogP contribution in [0.4, 0.5) is 5.69 Å². The summed E-state index contributed by atoms with van der Waals surface area (Å²) in [6.45, 7) is -0.532. The van der Waals surface area contributed by atoms with Crippen molar-refractivity contribution in [2.24, 2.45) is 23.7 Å². The summed E-state index contributed by atoms with van der Waals surface area (Å²) in [6.07, 6.45) is 2.97. The fourth-order valence-corrected chi connectivity index (χ4v) is 5.99. The van der Waals surface area contributed by atoms with E-state index in [1.165, 1.54) is 7.11 Å². The van der Waals surface area contributed by atoms with E-state index >= 15 is 0 Å². The second-order valence-electron chi connectivity index (χ2n) is 9.52. The van der Waals surface area contributed by atoms with E-state index in [-0.39, 0.29) is 41.9 Å². The lowest BCUT2D eigenvalue weighted by molar-refractivity contribution is -0.160. The Morgan fingerprint density at radius 2 is 1.69 bits per heavy atom. The van der Waals surface area contributed by atoms with Gasteiger partial charge >= 0.3 is 5.97 Å². The van der Waals surface area contributed by atoms with Gasteiger partial charge in [0.25, 0.3) is 5.91 Å². The molecule has 0 spiro atoms. The molecular weight excluding hydrogens is 448 g/mol. The number of carbonyl (C=O) groups excluding carboxylic acids is 4. The van der Waals surface area contributed by atoms with E-state index in [0.717, 1.165) is 29.7 Å². The first-order chi connectivity index (χ1) is 17.0. The minimum Gasteiger partial charge on any atom is -0.497 e. The number of carbonyl (C=O) groups is 4. The number of benzene rings is 2. The first kappa shape index (κ1) is 23.1. The van der Waals surface area contributed by atoms with Gasteiger partial charge in [0, 0.05) is 18.2 Å². The standard InChI is InChI=1S/C27H28N2O6/c1-34-20-9-5-8-19(14-20)28-22(30)15-35-27(33)21(12-16-6-3-2-4-7-16)29-25(31)23-17-10-11-18(13-17)24(23)26(29)32/h2-9,14,17-18,21,23-24H,10-13,15H2,1H3,(H,28,30)/t17-,18-,21-,23-,24+/m0/s1. The van der Waals surface area contributed by atoms with E-state index in [4.69, 9.17) is 9.47 Å². The summed E-state index contributed by atoms with van der Waals surface area (Å²) >= 11 is 0. The van der Waals surface area contributed by atoms with Gasteiger partial charge in [0.2, 0.25) is 11.8 Å². The lowest BCUT2D eigenvalue weighted by Gasteiger charge is -2.26. The van der Waals surface area contributed by atoms with Gasteiger partial charge in [0.15, 0.2) is 6.61 Å². The van der Waals surface area contributed by atoms with Gasteiger partial charge in [-0.15, -0.1) is 0 Å². The van der Waals surface area contributed by atoms with E-state index in [2.05, 4.69) is 5.32 Å². The minimum absolute atomic E-state index is 0.142. The predicted octanol–water partition coefficient (Wildman–Crippen LogP) is 2.82. The number of rotatable bonds is 8. The number of likely N-dealkylation sites (tertiary alicyclic amines) is 1. The molecule has 0 unspecified atom stereocenters. The van der Waals surface area contributed by atoms with Crippen molar-refractivity contribution in [3.63, 3.8) is 0 Å². The molecule has 8 nitrogen and oxygen atoms in total. The fourth-order valence-electron chi connectivity index (χ4n) is 5.99. The van der Waals surface area contributed by atoms with E-state index in [1.807, 2.05) is 30.3 Å². The van der Waals surface area contributed by atoms with Crippen molar-refractivity contribution in [3.8, 4) is 5.75 Å². The smallest absolute Gasteiger partial charge is 0.330 e. The molecule has 5 atom stereocenters. The average molecular weight is 477 g/mol. The van der Waals surface area contributed by atoms with E-state index < -0.39 is 24.5 Å². The van der Waals surface area contributed by atoms with E-state index in [0.29, 0.717) is 11.4 Å². The summed E-state index contributed by atoms with van der Waals surface area (Å²) in [5, 5.41) is 2.66. The third kappa shape index (κ3) is 4.40. The molecule has 2 saturated carbocycles. The van der Waals surface area contributed by atoms with Crippen molar-refractivity contribution in [3.05, 3.63) is 60.2 Å². The molecule has 1 aliphatic heterocycles. The van der Waals surface area contributed by atoms with Crippen LogP contribution in [-0.2, 0) is 30.3 Å². The Kier molecular flexibility index (Phi) is 6.28. The van der Waals surface area contributed by atoms with Crippen LogP contribution in [0, 0.1) is 23.7 Å². The maximum Gasteiger partial charge on any atom is 0.330 e. The number of nitrogens with zero attached hydrogens (tertiary/aromatic N) is 1. The van der Waals surface area contributed by atoms with Crippen molar-refractivity contribution < 1.29 is 28.7 Å². The summed E-state index contributed by atoms with van der Waals surface area (Å²) < 4.78 is 10.5. The van der Waals surface area contributed by atoms with Crippen LogP contribution in [0.3, 0.4) is 0 Å². The Morgan fingerprint density at radius 1 is 1.00 bits per heavy atom. The van der Waals surface area contributed by atoms with Crippen molar-refractivity contribution in [1.29, 1.82) is 0 Å². The number of esters is 1. The lowest BCUT2D eigenvalue weighted by Crippen LogP contribution is -2.48. The van der Waals surface area contributed by atoms with Crippen LogP contribution in [0.25, 0.3) is 0 Å². The van der Waals surface area contributed by atoms with Gasteiger partial charge in [0.1, 0.15) is 11.8 Å². The SMILES string of the molecule is COc1cccc(NC(=O)COC(=O)[C@H](Cc2ccccc2)N2C(=O)[C@@H]3[C@H]4CC[C@@H](C4)[C@@H]3C2=O)c1. The number of imide groups is 1. The Balaban J connectivity index is 1.30. The lowest BCUT2D eigenvalue weighted by atomic mass is 9.81. The van der Waals surface area contributed by atoms with Gasteiger partial charge in [-0.25, -0.2) is 4.79 Å². The molecule has 2 aliphatic carbocycles. The molecule has 1 saturated heterocycles. The van der Waals surface area contributed by atoms with Gasteiger partial charge in [-0.1, -0.05) is 36.4 Å². The monoisotopic (exact) mass is 476 g/mol. The summed E-state index contributed by atoms with van der Waals surface area (Å²) in [5.74, 6) is -1.48. The number of amides is 3. The number of hydrogen-bond acceptors (Lipinski definition) is 6. The average Bonchev–Trinajstić information content (AvgIpc) is 3.56. The Labute approximate surface area is 203 Å². The zero-order chi connectivity index (χ0) is 24.5. The van der Waals surface area contributed by atoms with Gasteiger partial charge in [-0.05, 0) is 48.8 Å². The van der Waals surface area contributed by atoms with Gasteiger partial charge < -0.3 is 14.8 Å². The van der Waals surface area contributed by atoms with Crippen LogP contribution in [0.5, 0.6) is 5.75 Å². The maximum absolute atomic E-state index is 13.4. The van der Waals surface area contributed by atoms with Crippen molar-refractivity contribution in [2.45, 2.75) is 31.7 Å². The summed E-state index contributed by atoms with van der Waals surface area (Å²) in [6, 6.07) is 14.9. The third-order valence-corrected chi connectivity index (χ3v) is 7.52. The molecule has 35 heavy (non-hydrogen) atoms. The van der Waals surface area contributed by atoms with E-state index in [1.54, 1.807) is 24.3 Å². The van der Waals surface area contributed by atoms with Crippen LogP contribution in [0.2, 0.25) is 0 Å². The van der Waals surface area contributed by atoms with Crippen LogP contribution in [0.15, 0.2) is 54.6 Å². The van der Waals surface area contributed by atoms with Gasteiger partial charge in [-0.3, -0.25) is 19.3 Å². The van der Waals surface area contributed by atoms with Crippen molar-refractivity contribution in [2.75, 3.05) is 19.0 Å². The number of fused-ring (bicyclic) bond motifs is 5. The highest BCUT2D eigenvalue weighted by Crippen LogP contribution is 2.56. The number of anilines is 1. The molecule has 3 amide bonds. The fraction of sp³-hybridized carbons (Fsp3) is 0.407. The van der Waals surface area contributed by atoms with Gasteiger partial charge in [-0.2, -0.15) is 0 Å². The molecule has 182 valence electrons. The predicted molar refractivity (Wildman–Crippen MR) is 126 cm³/mol. The second kappa shape index (κ2) is 9.52. The molecule has 1 N–H and O–H groups in total. The van der Waals surface area contributed by atoms with Crippen LogP contribution >= 0.6 is 0 Å². The molecule has 5 rings (SSSR count). The molecule has 1 heterocycles. The molecule has 8 heteroatoms. The summed E-state index contributed by atoms with van der Waals surface area (Å²) in [7, 11) is 1.52. The number of methoxy groups -OCH3 is 1. The highest BCUT2D eigenvalue weighted by molar-refractivity contribution is 6.08. The first-order valence-corrected chi connectivity index (χ1v) is 12.0. The summed E-state index contributed by atoms with van der Waals surface area (Å²) in [4.78, 5) is 53.5. The quantitative estimate of drug-likeness (QED) is 0.464. The van der Waals surface area contributed by atoms with Crippen LogP contribution < -0.4 is 10.1 Å². The maximum atomic E-state index is 13.4. The molecule has 2 bridgehead atoms. The molecule has 2 aromatic rings. The molecule has 3 aliphatic rings. The molecule has 0 aromatic heterocycles. The molecular formula is C27H28N2O6. The van der Waals surface area contributed by atoms with Crippen molar-refractivity contribution >= 4 is 29.4 Å². The largest absolute Gasteiger partial charge is 0.497 e. The first-order valence-electron chi connectivity index (χ1n) is 12.0. The Morgan fingerprint density at radius 3 is 2.34 bits per heavy atom.